The number of ether oxygens (including phenoxy) is 1. The monoisotopic (exact) mass is 273 g/mol. The molecule has 0 amide bonds. The lowest BCUT2D eigenvalue weighted by molar-refractivity contribution is 0.201. The van der Waals surface area contributed by atoms with Crippen LogP contribution in [0.25, 0.3) is 0 Å². The van der Waals surface area contributed by atoms with Crippen molar-refractivity contribution >= 4 is 17.6 Å². The van der Waals surface area contributed by atoms with Crippen molar-refractivity contribution in [3.63, 3.8) is 0 Å². The average Bonchev–Trinajstić information content (AvgIpc) is 3.12. The van der Waals surface area contributed by atoms with Crippen LogP contribution in [-0.4, -0.2) is 42.4 Å². The van der Waals surface area contributed by atoms with Gasteiger partial charge in [-0.05, 0) is 25.7 Å². The van der Waals surface area contributed by atoms with E-state index in [0.29, 0.717) is 36.9 Å². The van der Waals surface area contributed by atoms with Crippen molar-refractivity contribution in [2.24, 2.45) is 5.92 Å². The number of aryl methyl sites for hydroxylation is 1. The number of nitrogens with zero attached hydrogens (tertiary/aromatic N) is 3. The van der Waals surface area contributed by atoms with E-state index in [1.54, 1.807) is 7.11 Å². The molecule has 1 unspecified atom stereocenters. The zero-order valence-corrected chi connectivity index (χ0v) is 11.7. The second kappa shape index (κ2) is 6.38. The zero-order valence-electron chi connectivity index (χ0n) is 10.9. The van der Waals surface area contributed by atoms with Crippen molar-refractivity contribution in [2.45, 2.75) is 32.2 Å². The van der Waals surface area contributed by atoms with Crippen molar-refractivity contribution in [1.29, 1.82) is 0 Å². The molecule has 0 saturated heterocycles. The maximum Gasteiger partial charge on any atom is 0.318 e. The Labute approximate surface area is 112 Å². The molecule has 1 aliphatic rings. The van der Waals surface area contributed by atoms with Gasteiger partial charge >= 0.3 is 6.01 Å². The SMILES string of the molecule is COCCN(c1nnc(CCCl)o1)C(C)C1CC1. The Morgan fingerprint density at radius 3 is 2.89 bits per heavy atom. The van der Waals surface area contributed by atoms with Gasteiger partial charge in [0.25, 0.3) is 0 Å². The quantitative estimate of drug-likeness (QED) is 0.679. The van der Waals surface area contributed by atoms with E-state index in [1.807, 2.05) is 0 Å². The second-order valence-electron chi connectivity index (χ2n) is 4.68. The summed E-state index contributed by atoms with van der Waals surface area (Å²) >= 11 is 5.67. The number of hydrogen-bond donors (Lipinski definition) is 0. The van der Waals surface area contributed by atoms with Crippen molar-refractivity contribution in [3.8, 4) is 0 Å². The number of methoxy groups -OCH3 is 1. The lowest BCUT2D eigenvalue weighted by atomic mass is 10.2. The first-order chi connectivity index (χ1) is 8.76. The Kier molecular flexibility index (Phi) is 4.83. The summed E-state index contributed by atoms with van der Waals surface area (Å²) in [4.78, 5) is 2.14. The Balaban J connectivity index is 2.05. The number of anilines is 1. The highest BCUT2D eigenvalue weighted by Crippen LogP contribution is 2.36. The van der Waals surface area contributed by atoms with Gasteiger partial charge < -0.3 is 14.1 Å². The molecule has 0 N–H and O–H groups in total. The third-order valence-electron chi connectivity index (χ3n) is 3.34. The van der Waals surface area contributed by atoms with Crippen LogP contribution in [0.1, 0.15) is 25.7 Å². The first-order valence-corrected chi connectivity index (χ1v) is 6.93. The molecule has 1 atom stereocenters. The minimum atomic E-state index is 0.421. The van der Waals surface area contributed by atoms with Crippen LogP contribution in [-0.2, 0) is 11.2 Å². The van der Waals surface area contributed by atoms with Gasteiger partial charge in [0.05, 0.1) is 6.61 Å². The molecule has 0 bridgehead atoms. The number of halogens is 1. The first-order valence-electron chi connectivity index (χ1n) is 6.40. The smallest absolute Gasteiger partial charge is 0.318 e. The fourth-order valence-corrected chi connectivity index (χ4v) is 2.20. The number of rotatable bonds is 8. The largest absolute Gasteiger partial charge is 0.408 e. The van der Waals surface area contributed by atoms with Crippen LogP contribution in [0.5, 0.6) is 0 Å². The van der Waals surface area contributed by atoms with Crippen LogP contribution >= 0.6 is 11.6 Å². The second-order valence-corrected chi connectivity index (χ2v) is 5.06. The Morgan fingerprint density at radius 2 is 2.28 bits per heavy atom. The summed E-state index contributed by atoms with van der Waals surface area (Å²) in [5.41, 5.74) is 0. The number of aromatic nitrogens is 2. The average molecular weight is 274 g/mol. The van der Waals surface area contributed by atoms with Gasteiger partial charge in [0.1, 0.15) is 0 Å². The fourth-order valence-electron chi connectivity index (χ4n) is 2.04. The molecule has 5 nitrogen and oxygen atoms in total. The minimum Gasteiger partial charge on any atom is -0.408 e. The van der Waals surface area contributed by atoms with E-state index in [1.165, 1.54) is 12.8 Å². The molecule has 0 radical (unpaired) electrons. The van der Waals surface area contributed by atoms with E-state index in [4.69, 9.17) is 20.8 Å². The van der Waals surface area contributed by atoms with Crippen LogP contribution in [0.4, 0.5) is 6.01 Å². The molecule has 18 heavy (non-hydrogen) atoms. The molecule has 0 aromatic carbocycles. The summed E-state index contributed by atoms with van der Waals surface area (Å²) in [6.45, 7) is 3.64. The van der Waals surface area contributed by atoms with Gasteiger partial charge in [0.15, 0.2) is 0 Å². The Bertz CT molecular complexity index is 368. The van der Waals surface area contributed by atoms with Crippen molar-refractivity contribution in [2.75, 3.05) is 31.0 Å². The van der Waals surface area contributed by atoms with E-state index in [0.717, 1.165) is 12.5 Å². The molecule has 102 valence electrons. The van der Waals surface area contributed by atoms with Gasteiger partial charge in [0.2, 0.25) is 5.89 Å². The lowest BCUT2D eigenvalue weighted by Crippen LogP contribution is -2.37. The van der Waals surface area contributed by atoms with Crippen molar-refractivity contribution in [3.05, 3.63) is 5.89 Å². The summed E-state index contributed by atoms with van der Waals surface area (Å²) in [6, 6.07) is 1.01. The van der Waals surface area contributed by atoms with E-state index in [2.05, 4.69) is 22.0 Å². The van der Waals surface area contributed by atoms with E-state index in [9.17, 15) is 0 Å². The highest BCUT2D eigenvalue weighted by molar-refractivity contribution is 6.17. The van der Waals surface area contributed by atoms with Crippen LogP contribution in [0, 0.1) is 5.92 Å². The molecule has 1 heterocycles. The van der Waals surface area contributed by atoms with Gasteiger partial charge in [-0.15, -0.1) is 16.7 Å². The molecular weight excluding hydrogens is 254 g/mol. The van der Waals surface area contributed by atoms with Crippen LogP contribution in [0.15, 0.2) is 4.42 Å². The predicted molar refractivity (Wildman–Crippen MR) is 70.1 cm³/mol. The lowest BCUT2D eigenvalue weighted by Gasteiger charge is -2.26. The molecular formula is C12H20ClN3O2. The molecule has 1 fully saturated rings. The summed E-state index contributed by atoms with van der Waals surface area (Å²) in [5, 5.41) is 8.13. The van der Waals surface area contributed by atoms with Gasteiger partial charge in [-0.2, -0.15) is 0 Å². The first kappa shape index (κ1) is 13.6. The molecule has 1 aromatic heterocycles. The zero-order chi connectivity index (χ0) is 13.0. The third-order valence-corrected chi connectivity index (χ3v) is 3.53. The highest BCUT2D eigenvalue weighted by Gasteiger charge is 2.34. The molecule has 0 spiro atoms. The molecule has 1 aliphatic carbocycles. The summed E-state index contributed by atoms with van der Waals surface area (Å²) in [6.07, 6.45) is 3.19. The predicted octanol–water partition coefficient (Wildman–Crippen LogP) is 2.10. The van der Waals surface area contributed by atoms with Crippen LogP contribution in [0.2, 0.25) is 0 Å². The number of hydrogen-bond acceptors (Lipinski definition) is 5. The highest BCUT2D eigenvalue weighted by atomic mass is 35.5. The normalized spacial score (nSPS) is 16.8. The molecule has 1 saturated carbocycles. The molecule has 6 heteroatoms. The van der Waals surface area contributed by atoms with Gasteiger partial charge in [-0.3, -0.25) is 0 Å². The van der Waals surface area contributed by atoms with Gasteiger partial charge in [-0.1, -0.05) is 5.10 Å². The maximum atomic E-state index is 5.67. The van der Waals surface area contributed by atoms with E-state index in [-0.39, 0.29) is 0 Å². The molecule has 0 aliphatic heterocycles. The Morgan fingerprint density at radius 1 is 1.50 bits per heavy atom. The molecule has 2 rings (SSSR count). The standard InChI is InChI=1S/C12H20ClN3O2/c1-9(10-3-4-10)16(7-8-17-2)12-15-14-11(18-12)5-6-13/h9-10H,3-8H2,1-2H3. The van der Waals surface area contributed by atoms with Crippen LogP contribution < -0.4 is 4.90 Å². The maximum absolute atomic E-state index is 5.67. The summed E-state index contributed by atoms with van der Waals surface area (Å²) < 4.78 is 10.8. The third kappa shape index (κ3) is 3.36. The van der Waals surface area contributed by atoms with Gasteiger partial charge in [0, 0.05) is 32.0 Å². The summed E-state index contributed by atoms with van der Waals surface area (Å²) in [5.74, 6) is 1.84. The molecule has 1 aromatic rings. The Hall–Kier alpha value is -0.810. The fraction of sp³-hybridized carbons (Fsp3) is 0.833. The van der Waals surface area contributed by atoms with Crippen LogP contribution in [0.3, 0.4) is 0 Å². The van der Waals surface area contributed by atoms with E-state index >= 15 is 0 Å². The minimum absolute atomic E-state index is 0.421. The van der Waals surface area contributed by atoms with Crippen molar-refractivity contribution in [1.82, 2.24) is 10.2 Å². The van der Waals surface area contributed by atoms with E-state index < -0.39 is 0 Å². The van der Waals surface area contributed by atoms with Gasteiger partial charge in [-0.25, -0.2) is 0 Å². The summed E-state index contributed by atoms with van der Waals surface area (Å²) in [7, 11) is 1.70. The topological polar surface area (TPSA) is 51.4 Å². The number of alkyl halides is 1. The van der Waals surface area contributed by atoms with Crippen molar-refractivity contribution < 1.29 is 9.15 Å².